The molecule has 0 bridgehead atoms. The number of anilines is 1. The molecule has 0 radical (unpaired) electrons. The van der Waals surface area contributed by atoms with Gasteiger partial charge in [0.2, 0.25) is 17.7 Å². The highest BCUT2D eigenvalue weighted by molar-refractivity contribution is 5.93. The summed E-state index contributed by atoms with van der Waals surface area (Å²) in [5, 5.41) is 13.6. The molecule has 2 saturated heterocycles. The molecule has 1 aromatic heterocycles. The lowest BCUT2D eigenvalue weighted by atomic mass is 9.75. The van der Waals surface area contributed by atoms with Crippen molar-refractivity contribution in [2.45, 2.75) is 57.5 Å². The Morgan fingerprint density at radius 3 is 2.66 bits per heavy atom. The van der Waals surface area contributed by atoms with Gasteiger partial charge in [0.15, 0.2) is 0 Å². The third kappa shape index (κ3) is 7.05. The van der Waals surface area contributed by atoms with Crippen molar-refractivity contribution < 1.29 is 19.1 Å². The molecule has 3 aliphatic heterocycles. The lowest BCUT2D eigenvalue weighted by Gasteiger charge is -2.40. The number of aryl methyl sites for hydroxylation is 1. The summed E-state index contributed by atoms with van der Waals surface area (Å²) < 4.78 is 7.33. The van der Waals surface area contributed by atoms with Crippen molar-refractivity contribution in [2.75, 3.05) is 38.2 Å². The predicted octanol–water partition coefficient (Wildman–Crippen LogP) is 2.35. The van der Waals surface area contributed by atoms with Crippen molar-refractivity contribution in [3.05, 3.63) is 59.9 Å². The first kappa shape index (κ1) is 29.0. The molecule has 2 aromatic rings. The zero-order valence-electron chi connectivity index (χ0n) is 24.1. The predicted molar refractivity (Wildman–Crippen MR) is 156 cm³/mol. The van der Waals surface area contributed by atoms with E-state index in [0.717, 1.165) is 29.8 Å². The third-order valence-electron chi connectivity index (χ3n) is 8.97. The van der Waals surface area contributed by atoms with E-state index in [9.17, 15) is 14.4 Å². The number of allylic oxidation sites excluding steroid dienone is 2. The van der Waals surface area contributed by atoms with Gasteiger partial charge in [0, 0.05) is 45.8 Å². The van der Waals surface area contributed by atoms with Gasteiger partial charge in [-0.15, -0.1) is 0 Å². The number of carbonyl (C=O) groups is 3. The fourth-order valence-corrected chi connectivity index (χ4v) is 6.21. The summed E-state index contributed by atoms with van der Waals surface area (Å²) in [6.45, 7) is 4.68. The van der Waals surface area contributed by atoms with Gasteiger partial charge in [0.05, 0.1) is 29.5 Å². The van der Waals surface area contributed by atoms with Crippen LogP contribution in [0.4, 0.5) is 5.69 Å². The molecule has 2 fully saturated rings. The molecule has 3 N–H and O–H groups in total. The summed E-state index contributed by atoms with van der Waals surface area (Å²) in [6.07, 6.45) is 9.77. The Balaban J connectivity index is 1.32. The van der Waals surface area contributed by atoms with Gasteiger partial charge >= 0.3 is 0 Å². The Labute approximate surface area is 241 Å². The molecule has 3 atom stereocenters. The van der Waals surface area contributed by atoms with E-state index >= 15 is 0 Å². The van der Waals surface area contributed by atoms with Crippen molar-refractivity contribution in [1.82, 2.24) is 25.3 Å². The second kappa shape index (κ2) is 13.0. The Morgan fingerprint density at radius 2 is 1.93 bits per heavy atom. The molecule has 0 unspecified atom stereocenters. The minimum Gasteiger partial charge on any atom is -0.381 e. The number of fused-ring (bicyclic) bond motifs is 1. The van der Waals surface area contributed by atoms with Crippen LogP contribution >= 0.6 is 0 Å². The Kier molecular flexibility index (Phi) is 9.19. The van der Waals surface area contributed by atoms with Crippen LogP contribution in [0.2, 0.25) is 0 Å². The number of likely N-dealkylation sites (tertiary alicyclic amines) is 1. The first-order valence-electron chi connectivity index (χ1n) is 14.7. The van der Waals surface area contributed by atoms with Crippen LogP contribution in [0.25, 0.3) is 0 Å². The molecule has 1 aromatic carbocycles. The SMILES string of the molecule is Cc1c(NC(=O)CN2CC[C@H]3NC(=O)[C@@H](Cc4ccccc4)NC(=O)C4(C/C=C/C[C@H]3C2)CCOCC4)cnn1C. The van der Waals surface area contributed by atoms with Gasteiger partial charge in [-0.1, -0.05) is 42.5 Å². The lowest BCUT2D eigenvalue weighted by molar-refractivity contribution is -0.140. The number of benzene rings is 1. The molecule has 10 heteroatoms. The summed E-state index contributed by atoms with van der Waals surface area (Å²) in [6, 6.07) is 9.12. The fourth-order valence-electron chi connectivity index (χ4n) is 6.21. The highest BCUT2D eigenvalue weighted by Gasteiger charge is 2.41. The number of hydrogen-bond donors (Lipinski definition) is 3. The van der Waals surface area contributed by atoms with E-state index in [0.29, 0.717) is 52.0 Å². The molecule has 3 aliphatic rings. The summed E-state index contributed by atoms with van der Waals surface area (Å²) in [7, 11) is 1.85. The van der Waals surface area contributed by atoms with Gasteiger partial charge in [0.1, 0.15) is 6.04 Å². The Bertz CT molecular complexity index is 1250. The van der Waals surface area contributed by atoms with Crippen LogP contribution in [0.15, 0.2) is 48.7 Å². The van der Waals surface area contributed by atoms with Crippen molar-refractivity contribution in [2.24, 2.45) is 18.4 Å². The number of aromatic nitrogens is 2. The number of rotatable bonds is 5. The first-order valence-corrected chi connectivity index (χ1v) is 14.7. The molecule has 0 saturated carbocycles. The van der Waals surface area contributed by atoms with E-state index in [1.54, 1.807) is 10.9 Å². The molecular formula is C31H42N6O4. The van der Waals surface area contributed by atoms with Crippen LogP contribution in [-0.2, 0) is 32.6 Å². The van der Waals surface area contributed by atoms with Crippen molar-refractivity contribution in [1.29, 1.82) is 0 Å². The van der Waals surface area contributed by atoms with Gasteiger partial charge in [-0.3, -0.25) is 24.0 Å². The number of carbonyl (C=O) groups excluding carboxylic acids is 3. The standard InChI is InChI=1S/C31H42N6O4/c1-22-27(19-32-36(22)2)33-28(38)21-37-15-11-25-24(20-37)10-6-7-12-31(13-16-41-17-14-31)30(40)35-26(29(39)34-25)18-23-8-4-3-5-9-23/h3-9,19,24-26H,10-18,20-21H2,1-2H3,(H,33,38)(H,34,39)(H,35,40)/b7-6+/t24-,25+,26+/m0/s1. The second-order valence-electron chi connectivity index (χ2n) is 11.7. The maximum Gasteiger partial charge on any atom is 0.243 e. The van der Waals surface area contributed by atoms with Crippen LogP contribution in [-0.4, -0.2) is 77.3 Å². The molecule has 5 rings (SSSR count). The van der Waals surface area contributed by atoms with Gasteiger partial charge in [-0.2, -0.15) is 5.10 Å². The summed E-state index contributed by atoms with van der Waals surface area (Å²) in [5.41, 5.74) is 2.05. The summed E-state index contributed by atoms with van der Waals surface area (Å²) in [5.74, 6) is -0.139. The first-order chi connectivity index (χ1) is 19.8. The highest BCUT2D eigenvalue weighted by atomic mass is 16.5. The quantitative estimate of drug-likeness (QED) is 0.482. The fraction of sp³-hybridized carbons (Fsp3) is 0.548. The van der Waals surface area contributed by atoms with Crippen LogP contribution in [0, 0.1) is 18.3 Å². The van der Waals surface area contributed by atoms with E-state index in [-0.39, 0.29) is 36.2 Å². The van der Waals surface area contributed by atoms with Crippen molar-refractivity contribution in [3.63, 3.8) is 0 Å². The summed E-state index contributed by atoms with van der Waals surface area (Å²) >= 11 is 0. The molecule has 3 amide bonds. The molecule has 41 heavy (non-hydrogen) atoms. The Morgan fingerprint density at radius 1 is 1.15 bits per heavy atom. The van der Waals surface area contributed by atoms with Crippen molar-refractivity contribution >= 4 is 23.4 Å². The maximum atomic E-state index is 13.7. The number of nitrogens with zero attached hydrogens (tertiary/aromatic N) is 3. The zero-order valence-corrected chi connectivity index (χ0v) is 24.1. The summed E-state index contributed by atoms with van der Waals surface area (Å²) in [4.78, 5) is 42.5. The van der Waals surface area contributed by atoms with Crippen molar-refractivity contribution in [3.8, 4) is 0 Å². The maximum absolute atomic E-state index is 13.7. The van der Waals surface area contributed by atoms with Crippen LogP contribution in [0.1, 0.15) is 43.4 Å². The normalized spacial score (nSPS) is 26.1. The molecule has 0 aliphatic carbocycles. The molecule has 1 spiro atoms. The van der Waals surface area contributed by atoms with Crippen LogP contribution in [0.5, 0.6) is 0 Å². The minimum atomic E-state index is -0.666. The Hall–Kier alpha value is -3.50. The largest absolute Gasteiger partial charge is 0.381 e. The molecular weight excluding hydrogens is 520 g/mol. The van der Waals surface area contributed by atoms with Gasteiger partial charge in [-0.05, 0) is 50.5 Å². The highest BCUT2D eigenvalue weighted by Crippen LogP contribution is 2.36. The van der Waals surface area contributed by atoms with Gasteiger partial charge in [0.25, 0.3) is 0 Å². The number of amides is 3. The van der Waals surface area contributed by atoms with Gasteiger partial charge < -0.3 is 20.7 Å². The number of ether oxygens (including phenoxy) is 1. The van der Waals surface area contributed by atoms with Crippen LogP contribution < -0.4 is 16.0 Å². The van der Waals surface area contributed by atoms with E-state index in [1.165, 1.54) is 0 Å². The average molecular weight is 563 g/mol. The lowest BCUT2D eigenvalue weighted by Crippen LogP contribution is -2.58. The van der Waals surface area contributed by atoms with E-state index in [2.05, 4.69) is 38.1 Å². The number of hydrogen-bond acceptors (Lipinski definition) is 6. The van der Waals surface area contributed by atoms with Gasteiger partial charge in [-0.25, -0.2) is 0 Å². The van der Waals surface area contributed by atoms with Crippen LogP contribution in [0.3, 0.4) is 0 Å². The zero-order chi connectivity index (χ0) is 28.8. The van der Waals surface area contributed by atoms with E-state index < -0.39 is 11.5 Å². The monoisotopic (exact) mass is 562 g/mol. The molecule has 4 heterocycles. The number of nitrogens with one attached hydrogen (secondary N) is 3. The second-order valence-corrected chi connectivity index (χ2v) is 11.7. The van der Waals surface area contributed by atoms with E-state index in [1.807, 2.05) is 44.3 Å². The number of piperidine rings is 1. The minimum absolute atomic E-state index is 0.0429. The average Bonchev–Trinajstić information content (AvgIpc) is 3.28. The molecule has 10 nitrogen and oxygen atoms in total. The molecule has 220 valence electrons. The smallest absolute Gasteiger partial charge is 0.243 e. The topological polar surface area (TPSA) is 118 Å². The third-order valence-corrected chi connectivity index (χ3v) is 8.97. The van der Waals surface area contributed by atoms with E-state index in [4.69, 9.17) is 4.74 Å².